The minimum absolute atomic E-state index is 0.104. The highest BCUT2D eigenvalue weighted by molar-refractivity contribution is 7.99. The Labute approximate surface area is 180 Å². The molecule has 0 atom stereocenters. The summed E-state index contributed by atoms with van der Waals surface area (Å²) in [5.74, 6) is -1.82. The molecule has 0 fully saturated rings. The van der Waals surface area contributed by atoms with E-state index < -0.39 is 21.7 Å². The topological polar surface area (TPSA) is 78.5 Å². The van der Waals surface area contributed by atoms with E-state index in [-0.39, 0.29) is 16.5 Å². The Hall–Kier alpha value is -2.17. The van der Waals surface area contributed by atoms with Crippen molar-refractivity contribution < 1.29 is 22.0 Å². The van der Waals surface area contributed by atoms with Crippen LogP contribution in [0.25, 0.3) is 0 Å². The molecule has 0 unspecified atom stereocenters. The maximum absolute atomic E-state index is 14.1. The Balaban J connectivity index is 2.26. The number of sulfonamides is 1. The van der Waals surface area contributed by atoms with Crippen molar-refractivity contribution in [2.75, 3.05) is 37.2 Å². The van der Waals surface area contributed by atoms with E-state index in [9.17, 15) is 22.0 Å². The van der Waals surface area contributed by atoms with Crippen molar-refractivity contribution in [3.05, 3.63) is 53.6 Å². The van der Waals surface area contributed by atoms with Crippen molar-refractivity contribution in [2.45, 2.75) is 23.6 Å². The molecule has 0 aliphatic carbocycles. The lowest BCUT2D eigenvalue weighted by Crippen LogP contribution is -2.34. The highest BCUT2D eigenvalue weighted by Gasteiger charge is 2.15. The Morgan fingerprint density at radius 2 is 1.77 bits per heavy atom. The molecule has 2 aromatic rings. The lowest BCUT2D eigenvalue weighted by Gasteiger charge is -2.18. The standard InChI is InChI=1S/C20H25F2N3O3S2/c1-4-25(5-2)11-10-23-20(26)14-6-8-17(24-30(3,27)28)19(12-14)29-18-9-7-15(21)13-16(18)22/h6-9,12-13,24H,4-5,10-11H2,1-3H3,(H,23,26). The molecular weight excluding hydrogens is 432 g/mol. The van der Waals surface area contributed by atoms with Gasteiger partial charge in [-0.15, -0.1) is 0 Å². The molecule has 6 nitrogen and oxygen atoms in total. The number of likely N-dealkylation sites (N-methyl/N-ethyl adjacent to an activating group) is 1. The molecular formula is C20H25F2N3O3S2. The number of nitrogens with one attached hydrogen (secondary N) is 2. The highest BCUT2D eigenvalue weighted by atomic mass is 32.2. The molecule has 0 saturated carbocycles. The van der Waals surface area contributed by atoms with Crippen LogP contribution in [-0.4, -0.2) is 51.7 Å². The van der Waals surface area contributed by atoms with Crippen molar-refractivity contribution in [3.63, 3.8) is 0 Å². The second kappa shape index (κ2) is 10.7. The zero-order valence-electron chi connectivity index (χ0n) is 17.0. The fourth-order valence-corrected chi connectivity index (χ4v) is 4.26. The quantitative estimate of drug-likeness (QED) is 0.570. The van der Waals surface area contributed by atoms with Gasteiger partial charge in [0.2, 0.25) is 10.0 Å². The van der Waals surface area contributed by atoms with Crippen LogP contribution >= 0.6 is 11.8 Å². The summed E-state index contributed by atoms with van der Waals surface area (Å²) in [7, 11) is -3.59. The molecule has 0 spiro atoms. The summed E-state index contributed by atoms with van der Waals surface area (Å²) < 4.78 is 53.0. The van der Waals surface area contributed by atoms with Crippen LogP contribution < -0.4 is 10.0 Å². The summed E-state index contributed by atoms with van der Waals surface area (Å²) in [5, 5.41) is 2.82. The van der Waals surface area contributed by atoms with E-state index in [1.165, 1.54) is 24.3 Å². The molecule has 0 aromatic heterocycles. The first kappa shape index (κ1) is 24.1. The maximum atomic E-state index is 14.1. The van der Waals surface area contributed by atoms with Gasteiger partial charge in [-0.05, 0) is 43.4 Å². The van der Waals surface area contributed by atoms with Crippen LogP contribution in [0.1, 0.15) is 24.2 Å². The Kier molecular flexibility index (Phi) is 8.63. The van der Waals surface area contributed by atoms with Gasteiger partial charge < -0.3 is 10.2 Å². The second-order valence-corrected chi connectivity index (χ2v) is 9.38. The molecule has 0 radical (unpaired) electrons. The summed E-state index contributed by atoms with van der Waals surface area (Å²) in [6.45, 7) is 6.99. The summed E-state index contributed by atoms with van der Waals surface area (Å²) in [6.07, 6.45) is 0.994. The number of halogens is 2. The molecule has 0 heterocycles. The number of hydrogen-bond acceptors (Lipinski definition) is 5. The molecule has 2 rings (SSSR count). The number of hydrogen-bond donors (Lipinski definition) is 2. The van der Waals surface area contributed by atoms with Crippen LogP contribution in [0.3, 0.4) is 0 Å². The molecule has 10 heteroatoms. The number of rotatable bonds is 10. The van der Waals surface area contributed by atoms with Crippen molar-refractivity contribution >= 4 is 33.4 Å². The number of anilines is 1. The van der Waals surface area contributed by atoms with Gasteiger partial charge in [0.25, 0.3) is 5.91 Å². The van der Waals surface area contributed by atoms with Gasteiger partial charge in [-0.2, -0.15) is 0 Å². The Morgan fingerprint density at radius 1 is 1.07 bits per heavy atom. The van der Waals surface area contributed by atoms with Crippen LogP contribution in [0.15, 0.2) is 46.2 Å². The summed E-state index contributed by atoms with van der Waals surface area (Å²) in [6, 6.07) is 7.54. The van der Waals surface area contributed by atoms with Crippen LogP contribution in [-0.2, 0) is 10.0 Å². The first-order valence-corrected chi connectivity index (χ1v) is 12.1. The van der Waals surface area contributed by atoms with Crippen molar-refractivity contribution in [1.82, 2.24) is 10.2 Å². The predicted octanol–water partition coefficient (Wildman–Crippen LogP) is 3.56. The number of carbonyl (C=O) groups excluding carboxylic acids is 1. The molecule has 164 valence electrons. The number of amides is 1. The number of carbonyl (C=O) groups is 1. The molecule has 0 aliphatic rings. The second-order valence-electron chi connectivity index (χ2n) is 6.54. The fraction of sp³-hybridized carbons (Fsp3) is 0.350. The Bertz CT molecular complexity index is 997. The summed E-state index contributed by atoms with van der Waals surface area (Å²) in [5.41, 5.74) is 0.504. The normalized spacial score (nSPS) is 11.5. The van der Waals surface area contributed by atoms with Gasteiger partial charge in [0.15, 0.2) is 0 Å². The first-order valence-electron chi connectivity index (χ1n) is 9.38. The average Bonchev–Trinajstić information content (AvgIpc) is 2.67. The van der Waals surface area contributed by atoms with Crippen LogP contribution in [0, 0.1) is 11.6 Å². The molecule has 1 amide bonds. The third kappa shape index (κ3) is 7.26. The lowest BCUT2D eigenvalue weighted by atomic mass is 10.2. The van der Waals surface area contributed by atoms with Crippen molar-refractivity contribution in [3.8, 4) is 0 Å². The van der Waals surface area contributed by atoms with E-state index in [0.717, 1.165) is 43.2 Å². The third-order valence-electron chi connectivity index (χ3n) is 4.26. The Morgan fingerprint density at radius 3 is 2.37 bits per heavy atom. The third-order valence-corrected chi connectivity index (χ3v) is 5.96. The molecule has 2 N–H and O–H groups in total. The van der Waals surface area contributed by atoms with Gasteiger partial charge >= 0.3 is 0 Å². The minimum Gasteiger partial charge on any atom is -0.351 e. The first-order chi connectivity index (χ1) is 14.1. The van der Waals surface area contributed by atoms with E-state index in [4.69, 9.17) is 0 Å². The smallest absolute Gasteiger partial charge is 0.251 e. The van der Waals surface area contributed by atoms with Gasteiger partial charge in [-0.1, -0.05) is 25.6 Å². The van der Waals surface area contributed by atoms with Crippen molar-refractivity contribution in [1.29, 1.82) is 0 Å². The number of nitrogens with zero attached hydrogens (tertiary/aromatic N) is 1. The van der Waals surface area contributed by atoms with Gasteiger partial charge in [-0.3, -0.25) is 9.52 Å². The molecule has 30 heavy (non-hydrogen) atoms. The average molecular weight is 458 g/mol. The van der Waals surface area contributed by atoms with Gasteiger partial charge in [0, 0.05) is 34.5 Å². The van der Waals surface area contributed by atoms with Gasteiger partial charge in [0.1, 0.15) is 11.6 Å². The summed E-state index contributed by atoms with van der Waals surface area (Å²) in [4.78, 5) is 15.1. The highest BCUT2D eigenvalue weighted by Crippen LogP contribution is 2.36. The van der Waals surface area contributed by atoms with Gasteiger partial charge in [0.05, 0.1) is 11.9 Å². The zero-order valence-corrected chi connectivity index (χ0v) is 18.7. The van der Waals surface area contributed by atoms with Crippen LogP contribution in [0.2, 0.25) is 0 Å². The minimum atomic E-state index is -3.59. The maximum Gasteiger partial charge on any atom is 0.251 e. The van der Waals surface area contributed by atoms with E-state index in [2.05, 4.69) is 14.9 Å². The van der Waals surface area contributed by atoms with E-state index >= 15 is 0 Å². The molecule has 0 aliphatic heterocycles. The molecule has 2 aromatic carbocycles. The van der Waals surface area contributed by atoms with E-state index in [0.29, 0.717) is 23.5 Å². The van der Waals surface area contributed by atoms with Gasteiger partial charge in [-0.25, -0.2) is 17.2 Å². The summed E-state index contributed by atoms with van der Waals surface area (Å²) >= 11 is 0.901. The van der Waals surface area contributed by atoms with Crippen LogP contribution in [0.4, 0.5) is 14.5 Å². The van der Waals surface area contributed by atoms with E-state index in [1.807, 2.05) is 13.8 Å². The monoisotopic (exact) mass is 457 g/mol. The largest absolute Gasteiger partial charge is 0.351 e. The van der Waals surface area contributed by atoms with Crippen molar-refractivity contribution in [2.24, 2.45) is 0 Å². The SMILES string of the molecule is CCN(CC)CCNC(=O)c1ccc(NS(C)(=O)=O)c(Sc2ccc(F)cc2F)c1. The zero-order chi connectivity index (χ0) is 22.3. The van der Waals surface area contributed by atoms with E-state index in [1.54, 1.807) is 0 Å². The molecule has 0 saturated heterocycles. The molecule has 0 bridgehead atoms. The number of benzene rings is 2. The fourth-order valence-electron chi connectivity index (χ4n) is 2.68. The van der Waals surface area contributed by atoms with Crippen LogP contribution in [0.5, 0.6) is 0 Å². The predicted molar refractivity (Wildman–Crippen MR) is 116 cm³/mol. The lowest BCUT2D eigenvalue weighted by molar-refractivity contribution is 0.0948.